The average Bonchev–Trinajstić information content (AvgIpc) is 2.77. The fourth-order valence-corrected chi connectivity index (χ4v) is 5.82. The molecule has 0 radical (unpaired) electrons. The van der Waals surface area contributed by atoms with Gasteiger partial charge in [-0.05, 0) is 62.9 Å². The number of ether oxygens (including phenoxy) is 1. The second-order valence-corrected chi connectivity index (χ2v) is 8.77. The Morgan fingerprint density at radius 2 is 1.76 bits per heavy atom. The SMILES string of the molecule is C[C@H](NC1CCOC2(CCSCC2)C1)C1CCCCCC1. The molecule has 0 aromatic heterocycles. The second-order valence-electron chi connectivity index (χ2n) is 7.54. The van der Waals surface area contributed by atoms with Crippen molar-refractivity contribution in [1.29, 1.82) is 0 Å². The Hall–Kier alpha value is 0.270. The summed E-state index contributed by atoms with van der Waals surface area (Å²) in [4.78, 5) is 0. The molecular formula is C18H33NOS. The van der Waals surface area contributed by atoms with Crippen molar-refractivity contribution >= 4 is 11.8 Å². The summed E-state index contributed by atoms with van der Waals surface area (Å²) in [6.45, 7) is 3.41. The quantitative estimate of drug-likeness (QED) is 0.782. The van der Waals surface area contributed by atoms with Crippen LogP contribution >= 0.6 is 11.8 Å². The van der Waals surface area contributed by atoms with Crippen molar-refractivity contribution in [3.05, 3.63) is 0 Å². The number of rotatable bonds is 3. The van der Waals surface area contributed by atoms with Crippen molar-refractivity contribution in [2.75, 3.05) is 18.1 Å². The third-order valence-electron chi connectivity index (χ3n) is 6.00. The lowest BCUT2D eigenvalue weighted by atomic mass is 9.84. The predicted octanol–water partition coefficient (Wildman–Crippen LogP) is 4.38. The maximum atomic E-state index is 6.23. The molecule has 0 amide bonds. The molecule has 2 nitrogen and oxygen atoms in total. The van der Waals surface area contributed by atoms with Crippen LogP contribution in [0.5, 0.6) is 0 Å². The molecule has 3 fully saturated rings. The van der Waals surface area contributed by atoms with Gasteiger partial charge in [-0.15, -0.1) is 0 Å². The van der Waals surface area contributed by atoms with Gasteiger partial charge in [0.2, 0.25) is 0 Å². The van der Waals surface area contributed by atoms with Gasteiger partial charge in [-0.2, -0.15) is 11.8 Å². The Balaban J connectivity index is 1.51. The third kappa shape index (κ3) is 4.39. The zero-order valence-electron chi connectivity index (χ0n) is 13.7. The monoisotopic (exact) mass is 311 g/mol. The van der Waals surface area contributed by atoms with Crippen LogP contribution in [0.3, 0.4) is 0 Å². The van der Waals surface area contributed by atoms with Crippen molar-refractivity contribution < 1.29 is 4.74 Å². The minimum Gasteiger partial charge on any atom is -0.375 e. The number of nitrogens with one attached hydrogen (secondary N) is 1. The molecule has 3 aliphatic rings. The minimum absolute atomic E-state index is 0.227. The van der Waals surface area contributed by atoms with Crippen LogP contribution in [0.15, 0.2) is 0 Å². The summed E-state index contributed by atoms with van der Waals surface area (Å²) < 4.78 is 6.23. The molecule has 2 aliphatic heterocycles. The van der Waals surface area contributed by atoms with Gasteiger partial charge in [0.15, 0.2) is 0 Å². The molecule has 1 saturated carbocycles. The van der Waals surface area contributed by atoms with E-state index in [1.54, 1.807) is 0 Å². The van der Waals surface area contributed by atoms with Crippen LogP contribution in [0.4, 0.5) is 0 Å². The van der Waals surface area contributed by atoms with Gasteiger partial charge in [0.05, 0.1) is 5.60 Å². The van der Waals surface area contributed by atoms with Gasteiger partial charge in [0.1, 0.15) is 0 Å². The van der Waals surface area contributed by atoms with Crippen LogP contribution in [0, 0.1) is 5.92 Å². The molecule has 1 N–H and O–H groups in total. The Kier molecular flexibility index (Phi) is 5.92. The fourth-order valence-electron chi connectivity index (χ4n) is 4.58. The first-order chi connectivity index (χ1) is 10.3. The fraction of sp³-hybridized carbons (Fsp3) is 1.00. The summed E-state index contributed by atoms with van der Waals surface area (Å²) in [5.41, 5.74) is 0.227. The summed E-state index contributed by atoms with van der Waals surface area (Å²) in [5.74, 6) is 3.50. The summed E-state index contributed by atoms with van der Waals surface area (Å²) in [7, 11) is 0. The standard InChI is InChI=1S/C18H33NOS/c1-15(16-6-4-2-3-5-7-16)19-17-8-11-20-18(14-17)9-12-21-13-10-18/h15-17,19H,2-14H2,1H3/t15-,17?/m0/s1. The Morgan fingerprint density at radius 3 is 2.48 bits per heavy atom. The summed E-state index contributed by atoms with van der Waals surface area (Å²) in [6, 6.07) is 1.39. The molecule has 122 valence electrons. The lowest BCUT2D eigenvalue weighted by Crippen LogP contribution is -2.51. The maximum Gasteiger partial charge on any atom is 0.0713 e. The van der Waals surface area contributed by atoms with E-state index in [0.717, 1.165) is 12.5 Å². The number of hydrogen-bond donors (Lipinski definition) is 1. The Bertz CT molecular complexity index is 303. The summed E-state index contributed by atoms with van der Waals surface area (Å²) in [5, 5.41) is 4.00. The van der Waals surface area contributed by atoms with E-state index in [2.05, 4.69) is 24.0 Å². The van der Waals surface area contributed by atoms with E-state index >= 15 is 0 Å². The minimum atomic E-state index is 0.227. The summed E-state index contributed by atoms with van der Waals surface area (Å²) in [6.07, 6.45) is 13.7. The first-order valence-corrected chi connectivity index (χ1v) is 10.4. The first-order valence-electron chi connectivity index (χ1n) is 9.25. The van der Waals surface area contributed by atoms with E-state index < -0.39 is 0 Å². The average molecular weight is 312 g/mol. The molecule has 1 unspecified atom stereocenters. The van der Waals surface area contributed by atoms with Gasteiger partial charge in [-0.1, -0.05) is 25.7 Å². The number of hydrogen-bond acceptors (Lipinski definition) is 3. The van der Waals surface area contributed by atoms with Crippen LogP contribution < -0.4 is 5.32 Å². The first kappa shape index (κ1) is 16.1. The van der Waals surface area contributed by atoms with Crippen molar-refractivity contribution in [1.82, 2.24) is 5.32 Å². The molecular weight excluding hydrogens is 278 g/mol. The molecule has 2 atom stereocenters. The normalized spacial score (nSPS) is 32.7. The van der Waals surface area contributed by atoms with E-state index in [1.165, 1.54) is 75.7 Å². The predicted molar refractivity (Wildman–Crippen MR) is 92.1 cm³/mol. The number of thioether (sulfide) groups is 1. The van der Waals surface area contributed by atoms with E-state index in [-0.39, 0.29) is 5.60 Å². The van der Waals surface area contributed by atoms with Crippen LogP contribution in [0.2, 0.25) is 0 Å². The Labute approximate surface area is 135 Å². The van der Waals surface area contributed by atoms with Gasteiger partial charge < -0.3 is 10.1 Å². The molecule has 2 heterocycles. The van der Waals surface area contributed by atoms with Crippen molar-refractivity contribution in [3.63, 3.8) is 0 Å². The van der Waals surface area contributed by atoms with E-state index in [4.69, 9.17) is 4.74 Å². The van der Waals surface area contributed by atoms with Gasteiger partial charge >= 0.3 is 0 Å². The third-order valence-corrected chi connectivity index (χ3v) is 6.99. The molecule has 3 heteroatoms. The Morgan fingerprint density at radius 1 is 1.05 bits per heavy atom. The highest BCUT2D eigenvalue weighted by molar-refractivity contribution is 7.99. The zero-order chi connectivity index (χ0) is 14.5. The molecule has 1 spiro atoms. The maximum absolute atomic E-state index is 6.23. The van der Waals surface area contributed by atoms with Crippen LogP contribution in [0.1, 0.15) is 71.1 Å². The molecule has 2 saturated heterocycles. The lowest BCUT2D eigenvalue weighted by molar-refractivity contribution is -0.0946. The molecule has 0 aromatic carbocycles. The van der Waals surface area contributed by atoms with Crippen LogP contribution in [-0.2, 0) is 4.74 Å². The largest absolute Gasteiger partial charge is 0.375 e. The zero-order valence-corrected chi connectivity index (χ0v) is 14.6. The van der Waals surface area contributed by atoms with Gasteiger partial charge in [0, 0.05) is 18.7 Å². The van der Waals surface area contributed by atoms with Gasteiger partial charge in [-0.3, -0.25) is 0 Å². The molecule has 0 bridgehead atoms. The molecule has 0 aromatic rings. The second kappa shape index (κ2) is 7.70. The molecule has 3 rings (SSSR count). The van der Waals surface area contributed by atoms with Crippen molar-refractivity contribution in [2.45, 2.75) is 88.8 Å². The lowest BCUT2D eigenvalue weighted by Gasteiger charge is -2.44. The van der Waals surface area contributed by atoms with Gasteiger partial charge in [-0.25, -0.2) is 0 Å². The topological polar surface area (TPSA) is 21.3 Å². The van der Waals surface area contributed by atoms with Crippen LogP contribution in [0.25, 0.3) is 0 Å². The highest BCUT2D eigenvalue weighted by Gasteiger charge is 2.39. The summed E-state index contributed by atoms with van der Waals surface area (Å²) >= 11 is 2.10. The van der Waals surface area contributed by atoms with E-state index in [0.29, 0.717) is 12.1 Å². The van der Waals surface area contributed by atoms with Crippen molar-refractivity contribution in [2.24, 2.45) is 5.92 Å². The smallest absolute Gasteiger partial charge is 0.0713 e. The van der Waals surface area contributed by atoms with Gasteiger partial charge in [0.25, 0.3) is 0 Å². The van der Waals surface area contributed by atoms with Crippen LogP contribution in [-0.4, -0.2) is 35.8 Å². The molecule has 21 heavy (non-hydrogen) atoms. The van der Waals surface area contributed by atoms with E-state index in [9.17, 15) is 0 Å². The molecule has 1 aliphatic carbocycles. The highest BCUT2D eigenvalue weighted by Crippen LogP contribution is 2.38. The van der Waals surface area contributed by atoms with Crippen molar-refractivity contribution in [3.8, 4) is 0 Å². The van der Waals surface area contributed by atoms with E-state index in [1.807, 2.05) is 0 Å². The highest BCUT2D eigenvalue weighted by atomic mass is 32.2.